The van der Waals surface area contributed by atoms with Crippen LogP contribution in [0.2, 0.25) is 0 Å². The first-order chi connectivity index (χ1) is 14.3. The number of hydrogen-bond acceptors (Lipinski definition) is 6. The number of benzene rings is 2. The highest BCUT2D eigenvalue weighted by Gasteiger charge is 2.29. The van der Waals surface area contributed by atoms with Gasteiger partial charge in [-0.3, -0.25) is 4.79 Å². The standard InChI is InChI=1S/C21H23N3O5S/c1-4-5-12-24-14(2)23-30(27,28)19-13-15(10-11-18(19)24)20(25)22-17-9-7-6-8-16(17)21(26)29-3/h6-11,13H,4-5,12H2,1-3H3,(H,22,25). The molecule has 0 saturated carbocycles. The van der Waals surface area contributed by atoms with Crippen LogP contribution in [0.25, 0.3) is 0 Å². The number of rotatable bonds is 6. The third-order valence-corrected chi connectivity index (χ3v) is 6.14. The van der Waals surface area contributed by atoms with Gasteiger partial charge in [0.2, 0.25) is 0 Å². The number of hydrogen-bond donors (Lipinski definition) is 1. The number of amidine groups is 1. The van der Waals surface area contributed by atoms with Gasteiger partial charge in [0, 0.05) is 12.1 Å². The second-order valence-corrected chi connectivity index (χ2v) is 8.37. The van der Waals surface area contributed by atoms with Gasteiger partial charge < -0.3 is 15.0 Å². The van der Waals surface area contributed by atoms with Gasteiger partial charge in [-0.05, 0) is 43.7 Å². The highest BCUT2D eigenvalue weighted by molar-refractivity contribution is 7.90. The number of carbonyl (C=O) groups is 2. The second-order valence-electron chi connectivity index (χ2n) is 6.79. The van der Waals surface area contributed by atoms with Crippen molar-refractivity contribution in [3.05, 3.63) is 53.6 Å². The first kappa shape index (κ1) is 21.5. The molecule has 158 valence electrons. The molecule has 1 heterocycles. The lowest BCUT2D eigenvalue weighted by atomic mass is 10.1. The van der Waals surface area contributed by atoms with Gasteiger partial charge in [0.25, 0.3) is 15.9 Å². The van der Waals surface area contributed by atoms with Gasteiger partial charge in [-0.1, -0.05) is 25.5 Å². The van der Waals surface area contributed by atoms with Crippen LogP contribution in [0, 0.1) is 0 Å². The Morgan fingerprint density at radius 1 is 1.17 bits per heavy atom. The van der Waals surface area contributed by atoms with E-state index in [9.17, 15) is 18.0 Å². The Morgan fingerprint density at radius 2 is 1.90 bits per heavy atom. The smallest absolute Gasteiger partial charge is 0.339 e. The topological polar surface area (TPSA) is 105 Å². The van der Waals surface area contributed by atoms with E-state index < -0.39 is 21.9 Å². The molecule has 2 aromatic carbocycles. The Bertz CT molecular complexity index is 1130. The van der Waals surface area contributed by atoms with E-state index in [1.54, 1.807) is 37.3 Å². The molecule has 0 bridgehead atoms. The molecule has 0 spiro atoms. The molecule has 9 heteroatoms. The van der Waals surface area contributed by atoms with Gasteiger partial charge in [-0.2, -0.15) is 8.42 Å². The molecular formula is C21H23N3O5S. The van der Waals surface area contributed by atoms with E-state index in [1.807, 2.05) is 11.8 Å². The third-order valence-electron chi connectivity index (χ3n) is 4.75. The largest absolute Gasteiger partial charge is 0.465 e. The summed E-state index contributed by atoms with van der Waals surface area (Å²) < 4.78 is 33.8. The van der Waals surface area contributed by atoms with Gasteiger partial charge in [0.1, 0.15) is 10.7 Å². The van der Waals surface area contributed by atoms with Gasteiger partial charge >= 0.3 is 5.97 Å². The van der Waals surface area contributed by atoms with Crippen molar-refractivity contribution in [2.24, 2.45) is 4.40 Å². The minimum absolute atomic E-state index is 0.0156. The van der Waals surface area contributed by atoms with E-state index in [2.05, 4.69) is 9.71 Å². The fourth-order valence-electron chi connectivity index (χ4n) is 3.20. The number of ether oxygens (including phenoxy) is 1. The van der Waals surface area contributed by atoms with E-state index in [0.717, 1.165) is 12.8 Å². The van der Waals surface area contributed by atoms with Crippen molar-refractivity contribution in [2.75, 3.05) is 23.9 Å². The number of amides is 1. The van der Waals surface area contributed by atoms with Crippen molar-refractivity contribution in [1.29, 1.82) is 0 Å². The van der Waals surface area contributed by atoms with Crippen molar-refractivity contribution in [3.8, 4) is 0 Å². The van der Waals surface area contributed by atoms with Crippen LogP contribution < -0.4 is 10.2 Å². The summed E-state index contributed by atoms with van der Waals surface area (Å²) in [6.45, 7) is 4.33. The van der Waals surface area contributed by atoms with Gasteiger partial charge in [-0.25, -0.2) is 4.79 Å². The average molecular weight is 429 g/mol. The maximum Gasteiger partial charge on any atom is 0.339 e. The fourth-order valence-corrected chi connectivity index (χ4v) is 4.47. The van der Waals surface area contributed by atoms with E-state index >= 15 is 0 Å². The molecule has 1 aliphatic rings. The van der Waals surface area contributed by atoms with Crippen molar-refractivity contribution in [2.45, 2.75) is 31.6 Å². The number of anilines is 2. The maximum absolute atomic E-state index is 12.8. The van der Waals surface area contributed by atoms with Crippen molar-refractivity contribution < 1.29 is 22.7 Å². The molecule has 0 radical (unpaired) electrons. The zero-order valence-corrected chi connectivity index (χ0v) is 17.8. The zero-order chi connectivity index (χ0) is 21.9. The van der Waals surface area contributed by atoms with Crippen LogP contribution in [-0.2, 0) is 14.8 Å². The molecule has 1 aliphatic heterocycles. The molecule has 0 fully saturated rings. The first-order valence-corrected chi connectivity index (χ1v) is 10.9. The number of unbranched alkanes of at least 4 members (excludes halogenated alkanes) is 1. The monoisotopic (exact) mass is 429 g/mol. The van der Waals surface area contributed by atoms with E-state index in [-0.39, 0.29) is 21.7 Å². The second kappa shape index (κ2) is 8.66. The van der Waals surface area contributed by atoms with E-state index in [4.69, 9.17) is 4.74 Å². The molecule has 0 aliphatic carbocycles. The van der Waals surface area contributed by atoms with Crippen molar-refractivity contribution in [3.63, 3.8) is 0 Å². The summed E-state index contributed by atoms with van der Waals surface area (Å²) in [4.78, 5) is 26.5. The van der Waals surface area contributed by atoms with E-state index in [1.165, 1.54) is 19.2 Å². The van der Waals surface area contributed by atoms with E-state index in [0.29, 0.717) is 18.1 Å². The lowest BCUT2D eigenvalue weighted by molar-refractivity contribution is 0.0602. The summed E-state index contributed by atoms with van der Waals surface area (Å²) in [5.74, 6) is -0.730. The Kier molecular flexibility index (Phi) is 6.21. The lowest BCUT2D eigenvalue weighted by Crippen LogP contribution is -2.34. The Morgan fingerprint density at radius 3 is 2.60 bits per heavy atom. The number of esters is 1. The van der Waals surface area contributed by atoms with Crippen LogP contribution in [-0.4, -0.2) is 39.8 Å². The number of methoxy groups -OCH3 is 1. The normalized spacial score (nSPS) is 14.5. The summed E-state index contributed by atoms with van der Waals surface area (Å²) in [6, 6.07) is 10.9. The fraction of sp³-hybridized carbons (Fsp3) is 0.286. The predicted octanol–water partition coefficient (Wildman–Crippen LogP) is 3.45. The average Bonchev–Trinajstić information content (AvgIpc) is 2.72. The Labute approximate surface area is 175 Å². The maximum atomic E-state index is 12.8. The SMILES string of the molecule is CCCCN1C(C)=NS(=O)(=O)c2cc(C(=O)Nc3ccccc3C(=O)OC)ccc21. The highest BCUT2D eigenvalue weighted by atomic mass is 32.2. The number of sulfonamides is 1. The number of para-hydroxylation sites is 1. The van der Waals surface area contributed by atoms with Crippen LogP contribution in [0.4, 0.5) is 11.4 Å². The third kappa shape index (κ3) is 4.20. The lowest BCUT2D eigenvalue weighted by Gasteiger charge is -2.29. The minimum atomic E-state index is -3.91. The number of carbonyl (C=O) groups excluding carboxylic acids is 2. The molecule has 1 amide bonds. The predicted molar refractivity (Wildman–Crippen MR) is 115 cm³/mol. The van der Waals surface area contributed by atoms with Gasteiger partial charge in [-0.15, -0.1) is 4.40 Å². The first-order valence-electron chi connectivity index (χ1n) is 9.50. The summed E-state index contributed by atoms with van der Waals surface area (Å²) in [7, 11) is -2.66. The van der Waals surface area contributed by atoms with Crippen LogP contribution >= 0.6 is 0 Å². The molecule has 0 aromatic heterocycles. The van der Waals surface area contributed by atoms with Crippen LogP contribution in [0.5, 0.6) is 0 Å². The minimum Gasteiger partial charge on any atom is -0.465 e. The molecule has 0 atom stereocenters. The summed E-state index contributed by atoms with van der Waals surface area (Å²) in [5, 5.41) is 2.65. The Hall–Kier alpha value is -3.20. The summed E-state index contributed by atoms with van der Waals surface area (Å²) >= 11 is 0. The quantitative estimate of drug-likeness (QED) is 0.705. The number of nitrogens with zero attached hydrogens (tertiary/aromatic N) is 2. The molecular weight excluding hydrogens is 406 g/mol. The Balaban J connectivity index is 1.96. The number of nitrogens with one attached hydrogen (secondary N) is 1. The summed E-state index contributed by atoms with van der Waals surface area (Å²) in [6.07, 6.45) is 1.82. The van der Waals surface area contributed by atoms with Crippen LogP contribution in [0.15, 0.2) is 51.8 Å². The van der Waals surface area contributed by atoms with Crippen molar-refractivity contribution >= 4 is 39.1 Å². The van der Waals surface area contributed by atoms with Crippen LogP contribution in [0.1, 0.15) is 47.4 Å². The molecule has 1 N–H and O–H groups in total. The number of fused-ring (bicyclic) bond motifs is 1. The molecule has 0 saturated heterocycles. The zero-order valence-electron chi connectivity index (χ0n) is 17.0. The molecule has 30 heavy (non-hydrogen) atoms. The van der Waals surface area contributed by atoms with Crippen molar-refractivity contribution in [1.82, 2.24) is 0 Å². The van der Waals surface area contributed by atoms with Gasteiger partial charge in [0.15, 0.2) is 0 Å². The molecule has 0 unspecified atom stereocenters. The van der Waals surface area contributed by atoms with Gasteiger partial charge in [0.05, 0.1) is 24.0 Å². The molecule has 2 aromatic rings. The summed E-state index contributed by atoms with van der Waals surface area (Å²) in [5.41, 5.74) is 1.11. The molecule has 3 rings (SSSR count). The highest BCUT2D eigenvalue weighted by Crippen LogP contribution is 2.33. The molecule has 8 nitrogen and oxygen atoms in total. The van der Waals surface area contributed by atoms with Crippen LogP contribution in [0.3, 0.4) is 0 Å².